The highest BCUT2D eigenvalue weighted by molar-refractivity contribution is 5.95. The molecule has 0 spiro atoms. The lowest BCUT2D eigenvalue weighted by Crippen LogP contribution is -2.22. The molecule has 0 aromatic heterocycles. The van der Waals surface area contributed by atoms with Gasteiger partial charge in [-0.15, -0.1) is 0 Å². The molecule has 0 aliphatic heterocycles. The minimum Gasteiger partial charge on any atom is -0.397 e. The first-order valence-electron chi connectivity index (χ1n) is 6.85. The van der Waals surface area contributed by atoms with E-state index in [1.165, 1.54) is 19.3 Å². The van der Waals surface area contributed by atoms with Crippen LogP contribution in [0, 0.1) is 5.92 Å². The standard InChI is InChI=1S/C15H23N3O/c1-10-4-6-12(8-10)17-14-7-5-11(9-13(14)16)15(19)18(2)3/h5,7,9-10,12,17H,4,6,8,16H2,1-3H3. The van der Waals surface area contributed by atoms with Crippen LogP contribution in [0.1, 0.15) is 36.5 Å². The van der Waals surface area contributed by atoms with Crippen LogP contribution < -0.4 is 11.1 Å². The van der Waals surface area contributed by atoms with Gasteiger partial charge in [0.2, 0.25) is 0 Å². The smallest absolute Gasteiger partial charge is 0.253 e. The van der Waals surface area contributed by atoms with E-state index >= 15 is 0 Å². The predicted molar refractivity (Wildman–Crippen MR) is 79.3 cm³/mol. The Morgan fingerprint density at radius 3 is 2.63 bits per heavy atom. The molecule has 0 bridgehead atoms. The fourth-order valence-electron chi connectivity index (χ4n) is 2.64. The minimum absolute atomic E-state index is 0.0206. The molecule has 1 fully saturated rings. The summed E-state index contributed by atoms with van der Waals surface area (Å²) in [6, 6.07) is 6.00. The molecule has 3 N–H and O–H groups in total. The lowest BCUT2D eigenvalue weighted by Gasteiger charge is -2.17. The van der Waals surface area contributed by atoms with E-state index in [1.54, 1.807) is 25.1 Å². The second-order valence-electron chi connectivity index (χ2n) is 5.76. The van der Waals surface area contributed by atoms with Crippen LogP contribution in [-0.4, -0.2) is 30.9 Å². The summed E-state index contributed by atoms with van der Waals surface area (Å²) in [6.45, 7) is 2.28. The Labute approximate surface area is 115 Å². The maximum Gasteiger partial charge on any atom is 0.253 e. The molecule has 1 aliphatic rings. The highest BCUT2D eigenvalue weighted by atomic mass is 16.2. The lowest BCUT2D eigenvalue weighted by molar-refractivity contribution is 0.0827. The molecule has 2 atom stereocenters. The van der Waals surface area contributed by atoms with Gasteiger partial charge in [0.15, 0.2) is 0 Å². The third-order valence-electron chi connectivity index (χ3n) is 3.76. The highest BCUT2D eigenvalue weighted by Gasteiger charge is 2.21. The number of nitrogen functional groups attached to an aromatic ring is 1. The van der Waals surface area contributed by atoms with E-state index in [9.17, 15) is 4.79 Å². The Hall–Kier alpha value is -1.71. The van der Waals surface area contributed by atoms with Crippen LogP contribution in [0.5, 0.6) is 0 Å². The second kappa shape index (κ2) is 5.51. The second-order valence-corrected chi connectivity index (χ2v) is 5.76. The third kappa shape index (κ3) is 3.19. The number of rotatable bonds is 3. The van der Waals surface area contributed by atoms with Gasteiger partial charge in [0.05, 0.1) is 11.4 Å². The van der Waals surface area contributed by atoms with Gasteiger partial charge in [-0.1, -0.05) is 6.92 Å². The van der Waals surface area contributed by atoms with E-state index in [0.717, 1.165) is 11.6 Å². The van der Waals surface area contributed by atoms with Crippen molar-refractivity contribution in [2.24, 2.45) is 5.92 Å². The molecule has 1 aromatic carbocycles. The van der Waals surface area contributed by atoms with Crippen molar-refractivity contribution in [2.75, 3.05) is 25.1 Å². The average Bonchev–Trinajstić information content (AvgIpc) is 2.76. The summed E-state index contributed by atoms with van der Waals surface area (Å²) in [4.78, 5) is 13.4. The van der Waals surface area contributed by atoms with E-state index in [4.69, 9.17) is 5.73 Å². The first kappa shape index (κ1) is 13.7. The van der Waals surface area contributed by atoms with Gasteiger partial charge in [0, 0.05) is 25.7 Å². The Bertz CT molecular complexity index is 470. The zero-order valence-electron chi connectivity index (χ0n) is 11.9. The Morgan fingerprint density at radius 1 is 1.37 bits per heavy atom. The summed E-state index contributed by atoms with van der Waals surface area (Å²) >= 11 is 0. The van der Waals surface area contributed by atoms with E-state index < -0.39 is 0 Å². The first-order valence-corrected chi connectivity index (χ1v) is 6.85. The van der Waals surface area contributed by atoms with Crippen LogP contribution in [0.25, 0.3) is 0 Å². The monoisotopic (exact) mass is 261 g/mol. The zero-order chi connectivity index (χ0) is 14.0. The molecule has 2 unspecified atom stereocenters. The molecule has 1 aliphatic carbocycles. The van der Waals surface area contributed by atoms with Crippen LogP contribution in [0.3, 0.4) is 0 Å². The van der Waals surface area contributed by atoms with Crippen LogP contribution >= 0.6 is 0 Å². The van der Waals surface area contributed by atoms with Crippen molar-refractivity contribution in [1.29, 1.82) is 0 Å². The molecule has 0 saturated heterocycles. The van der Waals surface area contributed by atoms with Crippen molar-refractivity contribution in [1.82, 2.24) is 4.90 Å². The molecule has 1 amide bonds. The average molecular weight is 261 g/mol. The molecular formula is C15H23N3O. The Morgan fingerprint density at radius 2 is 2.11 bits per heavy atom. The first-order chi connectivity index (χ1) is 8.97. The van der Waals surface area contributed by atoms with Crippen molar-refractivity contribution in [3.63, 3.8) is 0 Å². The third-order valence-corrected chi connectivity index (χ3v) is 3.76. The van der Waals surface area contributed by atoms with Gasteiger partial charge in [-0.05, 0) is 43.4 Å². The number of hydrogen-bond acceptors (Lipinski definition) is 3. The Balaban J connectivity index is 2.09. The van der Waals surface area contributed by atoms with Gasteiger partial charge in [-0.2, -0.15) is 0 Å². The fourth-order valence-corrected chi connectivity index (χ4v) is 2.64. The SMILES string of the molecule is CC1CCC(Nc2ccc(C(=O)N(C)C)cc2N)C1. The van der Waals surface area contributed by atoms with Crippen molar-refractivity contribution >= 4 is 17.3 Å². The number of nitrogens with one attached hydrogen (secondary N) is 1. The van der Waals surface area contributed by atoms with E-state index in [-0.39, 0.29) is 5.91 Å². The molecule has 1 aromatic rings. The fraction of sp³-hybridized carbons (Fsp3) is 0.533. The molecule has 1 saturated carbocycles. The number of anilines is 2. The molecule has 4 nitrogen and oxygen atoms in total. The summed E-state index contributed by atoms with van der Waals surface area (Å²) in [5, 5.41) is 3.49. The number of nitrogens with zero attached hydrogens (tertiary/aromatic N) is 1. The summed E-state index contributed by atoms with van der Waals surface area (Å²) in [5.41, 5.74) is 8.26. The van der Waals surface area contributed by atoms with Gasteiger partial charge in [0.1, 0.15) is 0 Å². The number of hydrogen-bond donors (Lipinski definition) is 2. The van der Waals surface area contributed by atoms with Crippen molar-refractivity contribution in [2.45, 2.75) is 32.2 Å². The Kier molecular flexibility index (Phi) is 3.98. The summed E-state index contributed by atoms with van der Waals surface area (Å²) in [7, 11) is 3.48. The summed E-state index contributed by atoms with van der Waals surface area (Å²) < 4.78 is 0. The number of carbonyl (C=O) groups excluding carboxylic acids is 1. The lowest BCUT2D eigenvalue weighted by atomic mass is 10.1. The maximum absolute atomic E-state index is 11.8. The zero-order valence-corrected chi connectivity index (χ0v) is 11.9. The van der Waals surface area contributed by atoms with Gasteiger partial charge < -0.3 is 16.0 Å². The summed E-state index contributed by atoms with van der Waals surface area (Å²) in [5.74, 6) is 0.765. The predicted octanol–water partition coefficient (Wildman–Crippen LogP) is 2.57. The van der Waals surface area contributed by atoms with Gasteiger partial charge in [0.25, 0.3) is 5.91 Å². The van der Waals surface area contributed by atoms with E-state index in [2.05, 4.69) is 12.2 Å². The molecule has 4 heteroatoms. The van der Waals surface area contributed by atoms with Gasteiger partial charge in [-0.25, -0.2) is 0 Å². The highest BCUT2D eigenvalue weighted by Crippen LogP contribution is 2.29. The van der Waals surface area contributed by atoms with Crippen LogP contribution in [0.15, 0.2) is 18.2 Å². The summed E-state index contributed by atoms with van der Waals surface area (Å²) in [6.07, 6.45) is 3.66. The molecule has 0 heterocycles. The maximum atomic E-state index is 11.8. The van der Waals surface area contributed by atoms with Crippen LogP contribution in [0.4, 0.5) is 11.4 Å². The van der Waals surface area contributed by atoms with Crippen LogP contribution in [0.2, 0.25) is 0 Å². The molecule has 19 heavy (non-hydrogen) atoms. The quantitative estimate of drug-likeness (QED) is 0.822. The molecule has 0 radical (unpaired) electrons. The number of benzene rings is 1. The largest absolute Gasteiger partial charge is 0.397 e. The van der Waals surface area contributed by atoms with Crippen molar-refractivity contribution in [3.05, 3.63) is 23.8 Å². The van der Waals surface area contributed by atoms with Crippen molar-refractivity contribution < 1.29 is 4.79 Å². The van der Waals surface area contributed by atoms with Gasteiger partial charge >= 0.3 is 0 Å². The normalized spacial score (nSPS) is 22.3. The number of amides is 1. The minimum atomic E-state index is -0.0206. The van der Waals surface area contributed by atoms with Crippen LogP contribution in [-0.2, 0) is 0 Å². The number of nitrogens with two attached hydrogens (primary N) is 1. The number of carbonyl (C=O) groups is 1. The molecular weight excluding hydrogens is 238 g/mol. The molecule has 104 valence electrons. The van der Waals surface area contributed by atoms with Crippen molar-refractivity contribution in [3.8, 4) is 0 Å². The van der Waals surface area contributed by atoms with E-state index in [0.29, 0.717) is 17.3 Å². The van der Waals surface area contributed by atoms with E-state index in [1.807, 2.05) is 12.1 Å². The molecule has 2 rings (SSSR count). The topological polar surface area (TPSA) is 58.4 Å². The van der Waals surface area contributed by atoms with Gasteiger partial charge in [-0.3, -0.25) is 4.79 Å².